The molecular weight excluding hydrogens is 1070 g/mol. The number of alkyl halides is 1. The summed E-state index contributed by atoms with van der Waals surface area (Å²) in [6.45, 7) is 19.6. The van der Waals surface area contributed by atoms with E-state index in [2.05, 4.69) is 207 Å². The topological polar surface area (TPSA) is 186 Å². The van der Waals surface area contributed by atoms with Crippen LogP contribution in [-0.2, 0) is 13.9 Å². The van der Waals surface area contributed by atoms with Crippen LogP contribution in [0.25, 0.3) is 20.9 Å². The van der Waals surface area contributed by atoms with Gasteiger partial charge in [-0.3, -0.25) is 0 Å². The zero-order valence-electron chi connectivity index (χ0n) is 46.3. The molecule has 0 saturated heterocycles. The number of halogens is 1. The summed E-state index contributed by atoms with van der Waals surface area (Å²) in [5, 5.41) is 41.8. The molecule has 0 spiro atoms. The van der Waals surface area contributed by atoms with Crippen LogP contribution in [0, 0.1) is 0 Å². The first-order valence-electron chi connectivity index (χ1n) is 27.2. The van der Waals surface area contributed by atoms with Gasteiger partial charge < -0.3 is 29.2 Å². The van der Waals surface area contributed by atoms with Gasteiger partial charge in [-0.15, -0.1) is 0 Å². The smallest absolute Gasteiger partial charge is 0.261 e. The van der Waals surface area contributed by atoms with Gasteiger partial charge in [-0.25, -0.2) is 0 Å². The largest absolute Gasteiger partial charge is 0.407 e. The van der Waals surface area contributed by atoms with Crippen molar-refractivity contribution < 1.29 is 29.2 Å². The van der Waals surface area contributed by atoms with E-state index >= 15 is 0 Å². The molecule has 0 heterocycles. The molecule has 0 bridgehead atoms. The fourth-order valence-electron chi connectivity index (χ4n) is 9.33. The van der Waals surface area contributed by atoms with Crippen molar-refractivity contribution >= 4 is 59.7 Å². The number of unbranched alkanes of at least 4 members (excludes halogenated alkanes) is 8. The average molecular weight is 1170 g/mol. The monoisotopic (exact) mass is 1160 g/mol. The van der Waals surface area contributed by atoms with E-state index in [-0.39, 0.29) is 43.7 Å². The third-order valence-electron chi connectivity index (χ3n) is 13.7. The molecular formula is C59H93IN6O6Si2. The molecule has 3 N–H and O–H groups in total. The van der Waals surface area contributed by atoms with E-state index in [0.717, 1.165) is 25.7 Å². The lowest BCUT2D eigenvalue weighted by atomic mass is 10.1. The third-order valence-corrected chi connectivity index (χ3v) is 27.7. The van der Waals surface area contributed by atoms with Gasteiger partial charge >= 0.3 is 0 Å². The quantitative estimate of drug-likeness (QED) is 0.00810. The Morgan fingerprint density at radius 1 is 0.514 bits per heavy atom. The number of hydrogen-bond acceptors (Lipinski definition) is 8. The highest BCUT2D eigenvalue weighted by Gasteiger charge is 2.50. The second-order valence-corrected chi connectivity index (χ2v) is 32.7. The fourth-order valence-corrected chi connectivity index (χ4v) is 24.3. The van der Waals surface area contributed by atoms with E-state index in [4.69, 9.17) is 24.5 Å². The molecule has 0 aromatic heterocycles. The second kappa shape index (κ2) is 38.1. The van der Waals surface area contributed by atoms with Crippen LogP contribution in [0.1, 0.15) is 145 Å². The number of aliphatic hydroxyl groups is 3. The maximum Gasteiger partial charge on any atom is 0.261 e. The first kappa shape index (κ1) is 66.5. The van der Waals surface area contributed by atoms with Crippen molar-refractivity contribution in [1.29, 1.82) is 0 Å². The molecule has 0 radical (unpaired) electrons. The van der Waals surface area contributed by atoms with Gasteiger partial charge in [0.05, 0.1) is 44.1 Å². The second-order valence-electron chi connectivity index (χ2n) is 21.3. The Hall–Kier alpha value is -3.58. The van der Waals surface area contributed by atoms with Crippen molar-refractivity contribution in [2.24, 2.45) is 10.2 Å². The van der Waals surface area contributed by atoms with Crippen LogP contribution in [0.5, 0.6) is 0 Å². The van der Waals surface area contributed by atoms with Gasteiger partial charge in [0.2, 0.25) is 0 Å². The molecule has 4 aromatic rings. The minimum Gasteiger partial charge on any atom is -0.407 e. The summed E-state index contributed by atoms with van der Waals surface area (Å²) in [5.74, 6) is 0. The molecule has 4 rings (SSSR count). The molecule has 0 saturated carbocycles. The predicted octanol–water partition coefficient (Wildman–Crippen LogP) is 13.2. The third kappa shape index (κ3) is 23.3. The molecule has 410 valence electrons. The fraction of sp³-hybridized carbons (Fsp3) is 0.593. The van der Waals surface area contributed by atoms with Crippen LogP contribution in [0.15, 0.2) is 132 Å². The number of nitrogens with zero attached hydrogens (tertiary/aromatic N) is 6. The van der Waals surface area contributed by atoms with Crippen LogP contribution < -0.4 is 20.7 Å². The Balaban J connectivity index is 0.000000416. The Morgan fingerprint density at radius 2 is 0.878 bits per heavy atom. The molecule has 15 heteroatoms. The minimum atomic E-state index is -2.71. The molecule has 0 aliphatic carbocycles. The zero-order chi connectivity index (χ0) is 54.6. The van der Waals surface area contributed by atoms with Gasteiger partial charge in [-0.05, 0) is 57.2 Å². The number of aliphatic hydroxyl groups excluding tert-OH is 3. The van der Waals surface area contributed by atoms with E-state index in [0.29, 0.717) is 31.1 Å². The van der Waals surface area contributed by atoms with Crippen molar-refractivity contribution in [1.82, 2.24) is 0 Å². The Labute approximate surface area is 462 Å². The van der Waals surface area contributed by atoms with Crippen LogP contribution in [-0.4, -0.2) is 99.7 Å². The van der Waals surface area contributed by atoms with Crippen molar-refractivity contribution in [3.8, 4) is 0 Å². The summed E-state index contributed by atoms with van der Waals surface area (Å²) >= 11 is 2.60. The number of azide groups is 2. The Bertz CT molecular complexity index is 2030. The maximum absolute atomic E-state index is 10.2. The summed E-state index contributed by atoms with van der Waals surface area (Å²) in [6, 6.07) is 42.1. The number of hydrogen-bond donors (Lipinski definition) is 3. The van der Waals surface area contributed by atoms with Gasteiger partial charge in [0.25, 0.3) is 8.32 Å². The highest BCUT2D eigenvalue weighted by molar-refractivity contribution is 14.1. The number of benzene rings is 4. The first-order chi connectivity index (χ1) is 35.6. The van der Waals surface area contributed by atoms with E-state index in [1.54, 1.807) is 10.4 Å². The van der Waals surface area contributed by atoms with Crippen molar-refractivity contribution in [2.75, 3.05) is 43.7 Å². The molecule has 2 unspecified atom stereocenters. The zero-order valence-corrected chi connectivity index (χ0v) is 50.5. The summed E-state index contributed by atoms with van der Waals surface area (Å²) in [4.78, 5) is 5.68. The predicted molar refractivity (Wildman–Crippen MR) is 323 cm³/mol. The SMILES string of the molecule is CC(C)(C)[Si](CI)(c1ccccc1)c1ccccc1.CCCCCCC[C@@H](O)CCOCC(CO)N=[N+]=[N-].CCCCCCC[C@@H](O)CCOCC(CO[Si](c1ccccc1)(c1ccccc1)C(C)(C)C)N=[N+]=[N-]. The Morgan fingerprint density at radius 3 is 1.22 bits per heavy atom. The summed E-state index contributed by atoms with van der Waals surface area (Å²) in [5.41, 5.74) is 17.4. The standard InChI is InChI=1S/C29H45N3O3Si.C17H21ISi.C13H27N3O3/c1-5-6-7-8-11-16-26(33)21-22-34-23-25(31-32-30)24-35-36(29(2,3)4,27-17-12-9-13-18-27)28-19-14-10-15-20-28;1-17(2,3)19(14-18,15-10-6-4-7-11-15)16-12-8-5-9-13-16;1-2-3-4-5-6-7-13(18)8-9-19-11-12(10-17)15-16-14/h9-10,12-15,17-20,25-26,33H,5-8,11,16,21-24H2,1-4H3;4-13H,14H2,1-3H3;12-13,17-18H,2-11H2,1H3/t25?,26-;;12?,13-/m1.1/s1. The van der Waals surface area contributed by atoms with E-state index < -0.39 is 28.5 Å². The molecule has 0 aliphatic rings. The van der Waals surface area contributed by atoms with Crippen molar-refractivity contribution in [3.05, 3.63) is 142 Å². The van der Waals surface area contributed by atoms with Crippen LogP contribution in [0.2, 0.25) is 10.1 Å². The summed E-state index contributed by atoms with van der Waals surface area (Å²) in [6.07, 6.45) is 14.0. The lowest BCUT2D eigenvalue weighted by Gasteiger charge is -2.43. The van der Waals surface area contributed by atoms with Gasteiger partial charge in [0, 0.05) is 33.7 Å². The van der Waals surface area contributed by atoms with Crippen LogP contribution in [0.3, 0.4) is 0 Å². The molecule has 0 amide bonds. The highest BCUT2D eigenvalue weighted by Crippen LogP contribution is 2.38. The highest BCUT2D eigenvalue weighted by atomic mass is 127. The average Bonchev–Trinajstić information content (AvgIpc) is 3.39. The lowest BCUT2D eigenvalue weighted by Crippen LogP contribution is -2.67. The van der Waals surface area contributed by atoms with E-state index in [9.17, 15) is 15.7 Å². The van der Waals surface area contributed by atoms with Gasteiger partial charge in [0.15, 0.2) is 0 Å². The molecule has 74 heavy (non-hydrogen) atoms. The number of ether oxygens (including phenoxy) is 2. The minimum absolute atomic E-state index is 0.154. The summed E-state index contributed by atoms with van der Waals surface area (Å²) < 4.78 is 19.2. The van der Waals surface area contributed by atoms with Gasteiger partial charge in [-0.2, -0.15) is 0 Å². The molecule has 0 aliphatic heterocycles. The van der Waals surface area contributed by atoms with Gasteiger partial charge in [0.1, 0.15) is 8.07 Å². The van der Waals surface area contributed by atoms with Crippen molar-refractivity contribution in [2.45, 2.75) is 180 Å². The lowest BCUT2D eigenvalue weighted by molar-refractivity contribution is 0.0623. The number of rotatable bonds is 33. The maximum atomic E-state index is 10.2. The van der Waals surface area contributed by atoms with E-state index in [1.807, 2.05) is 12.1 Å². The normalized spacial score (nSPS) is 13.4. The van der Waals surface area contributed by atoms with Crippen molar-refractivity contribution in [3.63, 3.8) is 0 Å². The Kier molecular flexibility index (Phi) is 34.2. The molecule has 0 fully saturated rings. The van der Waals surface area contributed by atoms with Crippen LogP contribution in [0.4, 0.5) is 0 Å². The van der Waals surface area contributed by atoms with E-state index in [1.165, 1.54) is 65.8 Å². The van der Waals surface area contributed by atoms with Crippen LogP contribution >= 0.6 is 22.6 Å². The first-order valence-corrected chi connectivity index (χ1v) is 32.9. The van der Waals surface area contributed by atoms with Gasteiger partial charge in [-0.1, -0.05) is 284 Å². The molecule has 4 atom stereocenters. The molecule has 12 nitrogen and oxygen atoms in total. The summed E-state index contributed by atoms with van der Waals surface area (Å²) in [7, 11) is -4.45. The molecule has 4 aromatic carbocycles.